The third-order valence-electron chi connectivity index (χ3n) is 4.35. The van der Waals surface area contributed by atoms with Crippen molar-refractivity contribution in [3.8, 4) is 0 Å². The zero-order valence-corrected chi connectivity index (χ0v) is 17.2. The van der Waals surface area contributed by atoms with E-state index in [1.807, 2.05) is 29.7 Å². The van der Waals surface area contributed by atoms with Crippen molar-refractivity contribution < 1.29 is 13.2 Å². The van der Waals surface area contributed by atoms with Gasteiger partial charge < -0.3 is 0 Å². The molecule has 10 heteroatoms. The van der Waals surface area contributed by atoms with Crippen LogP contribution in [0.25, 0.3) is 16.0 Å². The molecule has 3 heterocycles. The third-order valence-corrected chi connectivity index (χ3v) is 6.24. The molecular formula is C19H17F3N4OS2. The first-order valence-electron chi connectivity index (χ1n) is 8.90. The number of aromatic nitrogens is 4. The van der Waals surface area contributed by atoms with E-state index in [1.54, 1.807) is 10.6 Å². The molecule has 0 N–H and O–H groups in total. The average molecular weight is 439 g/mol. The number of fused-ring (bicyclic) bond motifs is 3. The number of rotatable bonds is 5. The van der Waals surface area contributed by atoms with Crippen molar-refractivity contribution in [2.45, 2.75) is 37.5 Å². The summed E-state index contributed by atoms with van der Waals surface area (Å²) in [5, 5.41) is 10.8. The molecule has 0 aliphatic heterocycles. The molecule has 0 unspecified atom stereocenters. The molecule has 5 nitrogen and oxygen atoms in total. The molecule has 0 radical (unpaired) electrons. The lowest BCUT2D eigenvalue weighted by Gasteiger charge is -2.11. The number of alkyl halides is 3. The van der Waals surface area contributed by atoms with Crippen LogP contribution < -0.4 is 5.56 Å². The fraction of sp³-hybridized carbons (Fsp3) is 0.316. The Morgan fingerprint density at radius 2 is 2.00 bits per heavy atom. The predicted octanol–water partition coefficient (Wildman–Crippen LogP) is 5.07. The van der Waals surface area contributed by atoms with Crippen LogP contribution in [-0.4, -0.2) is 19.2 Å². The Balaban J connectivity index is 1.74. The molecule has 0 saturated carbocycles. The van der Waals surface area contributed by atoms with Gasteiger partial charge in [0.25, 0.3) is 5.56 Å². The fourth-order valence-corrected chi connectivity index (χ4v) is 4.82. The number of hydrogen-bond acceptors (Lipinski definition) is 5. The average Bonchev–Trinajstić information content (AvgIpc) is 3.29. The van der Waals surface area contributed by atoms with Gasteiger partial charge in [0, 0.05) is 12.3 Å². The summed E-state index contributed by atoms with van der Waals surface area (Å²) in [5.74, 6) is 0.993. The van der Waals surface area contributed by atoms with Gasteiger partial charge in [0.2, 0.25) is 5.78 Å². The van der Waals surface area contributed by atoms with Crippen LogP contribution in [0, 0.1) is 5.92 Å². The van der Waals surface area contributed by atoms with Crippen LogP contribution in [-0.2, 0) is 18.5 Å². The topological polar surface area (TPSA) is 52.2 Å². The van der Waals surface area contributed by atoms with Gasteiger partial charge in [0.1, 0.15) is 4.70 Å². The van der Waals surface area contributed by atoms with Gasteiger partial charge in [-0.05, 0) is 29.0 Å². The van der Waals surface area contributed by atoms with E-state index in [4.69, 9.17) is 0 Å². The van der Waals surface area contributed by atoms with Crippen molar-refractivity contribution in [3.05, 3.63) is 57.2 Å². The Kier molecular flexibility index (Phi) is 5.16. The molecule has 0 atom stereocenters. The Morgan fingerprint density at radius 1 is 1.21 bits per heavy atom. The molecule has 1 aromatic carbocycles. The van der Waals surface area contributed by atoms with E-state index >= 15 is 0 Å². The molecular weight excluding hydrogens is 421 g/mol. The first kappa shape index (κ1) is 20.0. The highest BCUT2D eigenvalue weighted by molar-refractivity contribution is 7.98. The van der Waals surface area contributed by atoms with Crippen LogP contribution in [0.5, 0.6) is 0 Å². The second-order valence-electron chi connectivity index (χ2n) is 7.05. The Bertz CT molecular complexity index is 1240. The van der Waals surface area contributed by atoms with Gasteiger partial charge >= 0.3 is 6.18 Å². The van der Waals surface area contributed by atoms with Crippen LogP contribution in [0.3, 0.4) is 0 Å². The first-order chi connectivity index (χ1) is 13.8. The van der Waals surface area contributed by atoms with E-state index in [0.717, 1.165) is 12.1 Å². The van der Waals surface area contributed by atoms with Crippen LogP contribution in [0.15, 0.2) is 45.7 Å². The lowest BCUT2D eigenvalue weighted by molar-refractivity contribution is -0.137. The highest BCUT2D eigenvalue weighted by atomic mass is 32.2. The van der Waals surface area contributed by atoms with Crippen molar-refractivity contribution in [3.63, 3.8) is 0 Å². The van der Waals surface area contributed by atoms with Crippen molar-refractivity contribution in [1.82, 2.24) is 19.2 Å². The maximum Gasteiger partial charge on any atom is 0.416 e. The maximum atomic E-state index is 13.0. The summed E-state index contributed by atoms with van der Waals surface area (Å²) in [5.41, 5.74) is 0.482. The van der Waals surface area contributed by atoms with E-state index in [-0.39, 0.29) is 11.5 Å². The summed E-state index contributed by atoms with van der Waals surface area (Å²) in [6, 6.07) is 7.09. The number of halogens is 3. The summed E-state index contributed by atoms with van der Waals surface area (Å²) in [7, 11) is 0. The molecule has 0 spiro atoms. The SMILES string of the molecule is CC(C)Cn1c(=O)c2sccc2n2c(SCc3cccc(C(F)(F)F)c3)nnc12. The van der Waals surface area contributed by atoms with Crippen LogP contribution >= 0.6 is 23.1 Å². The van der Waals surface area contributed by atoms with Crippen molar-refractivity contribution >= 4 is 39.1 Å². The second kappa shape index (κ2) is 7.49. The Labute approximate surface area is 172 Å². The minimum Gasteiger partial charge on any atom is -0.275 e. The molecule has 0 saturated heterocycles. The number of thiophene rings is 1. The maximum absolute atomic E-state index is 13.0. The molecule has 3 aromatic heterocycles. The minimum atomic E-state index is -4.38. The van der Waals surface area contributed by atoms with E-state index in [1.165, 1.54) is 29.2 Å². The summed E-state index contributed by atoms with van der Waals surface area (Å²) in [6.45, 7) is 4.54. The molecule has 4 aromatic rings. The van der Waals surface area contributed by atoms with Gasteiger partial charge in [-0.2, -0.15) is 13.2 Å². The van der Waals surface area contributed by atoms with Gasteiger partial charge in [-0.15, -0.1) is 21.5 Å². The first-order valence-corrected chi connectivity index (χ1v) is 10.8. The zero-order chi connectivity index (χ0) is 20.8. The van der Waals surface area contributed by atoms with Crippen molar-refractivity contribution in [2.75, 3.05) is 0 Å². The van der Waals surface area contributed by atoms with Gasteiger partial charge in [-0.3, -0.25) is 13.8 Å². The Hall–Kier alpha value is -2.33. The monoisotopic (exact) mass is 438 g/mol. The number of hydrogen-bond donors (Lipinski definition) is 0. The summed E-state index contributed by atoms with van der Waals surface area (Å²) in [4.78, 5) is 12.8. The fourth-order valence-electron chi connectivity index (χ4n) is 3.11. The molecule has 0 bridgehead atoms. The van der Waals surface area contributed by atoms with E-state index in [9.17, 15) is 18.0 Å². The van der Waals surface area contributed by atoms with Gasteiger partial charge in [-0.1, -0.05) is 43.8 Å². The van der Waals surface area contributed by atoms with Gasteiger partial charge in [-0.25, -0.2) is 0 Å². The van der Waals surface area contributed by atoms with E-state index in [2.05, 4.69) is 10.2 Å². The normalized spacial score (nSPS) is 12.5. The molecule has 0 fully saturated rings. The van der Waals surface area contributed by atoms with Crippen LogP contribution in [0.4, 0.5) is 13.2 Å². The highest BCUT2D eigenvalue weighted by Crippen LogP contribution is 2.31. The van der Waals surface area contributed by atoms with Crippen molar-refractivity contribution in [1.29, 1.82) is 0 Å². The Morgan fingerprint density at radius 3 is 2.72 bits per heavy atom. The second-order valence-corrected chi connectivity index (χ2v) is 8.91. The third kappa shape index (κ3) is 3.78. The molecule has 0 aliphatic carbocycles. The standard InChI is InChI=1S/C19H17F3N4OS2/c1-11(2)9-25-16(27)15-14(6-7-28-15)26-17(25)23-24-18(26)29-10-12-4-3-5-13(8-12)19(20,21)22/h3-8,11H,9-10H2,1-2H3. The largest absolute Gasteiger partial charge is 0.416 e. The number of benzene rings is 1. The van der Waals surface area contributed by atoms with Crippen molar-refractivity contribution in [2.24, 2.45) is 5.92 Å². The molecule has 29 heavy (non-hydrogen) atoms. The lowest BCUT2D eigenvalue weighted by Crippen LogP contribution is -2.24. The molecule has 0 aliphatic rings. The smallest absolute Gasteiger partial charge is 0.275 e. The zero-order valence-electron chi connectivity index (χ0n) is 15.6. The summed E-state index contributed by atoms with van der Waals surface area (Å²) in [6.07, 6.45) is -4.38. The highest BCUT2D eigenvalue weighted by Gasteiger charge is 2.30. The predicted molar refractivity (Wildman–Crippen MR) is 108 cm³/mol. The molecule has 4 rings (SSSR count). The van der Waals surface area contributed by atoms with Crippen LogP contribution in [0.1, 0.15) is 25.0 Å². The lowest BCUT2D eigenvalue weighted by atomic mass is 10.1. The van der Waals surface area contributed by atoms with Gasteiger partial charge in [0.05, 0.1) is 11.1 Å². The summed E-state index contributed by atoms with van der Waals surface area (Å²) >= 11 is 2.65. The number of nitrogens with zero attached hydrogens (tertiary/aromatic N) is 4. The molecule has 152 valence electrons. The minimum absolute atomic E-state index is 0.0990. The molecule has 0 amide bonds. The van der Waals surface area contributed by atoms with Gasteiger partial charge in [0.15, 0.2) is 5.16 Å². The van der Waals surface area contributed by atoms with Crippen LogP contribution in [0.2, 0.25) is 0 Å². The van der Waals surface area contributed by atoms with E-state index < -0.39 is 11.7 Å². The summed E-state index contributed by atoms with van der Waals surface area (Å²) < 4.78 is 42.9. The number of thioether (sulfide) groups is 1. The quantitative estimate of drug-likeness (QED) is 0.408. The van der Waals surface area contributed by atoms with E-state index in [0.29, 0.717) is 39.0 Å².